The van der Waals surface area contributed by atoms with Crippen LogP contribution in [0.25, 0.3) is 11.0 Å². The van der Waals surface area contributed by atoms with Crippen molar-refractivity contribution in [1.82, 2.24) is 14.5 Å². The van der Waals surface area contributed by atoms with Crippen LogP contribution in [0.15, 0.2) is 47.4 Å². The SMILES string of the molecule is Cc1nc2ncccc2c(=O)n1Cc1ccc(F)cc1. The number of halogens is 1. The van der Waals surface area contributed by atoms with E-state index in [0.29, 0.717) is 23.4 Å². The van der Waals surface area contributed by atoms with Crippen LogP contribution in [0.4, 0.5) is 4.39 Å². The monoisotopic (exact) mass is 269 g/mol. The summed E-state index contributed by atoms with van der Waals surface area (Å²) in [5, 5.41) is 0.486. The van der Waals surface area contributed by atoms with Gasteiger partial charge in [-0.3, -0.25) is 9.36 Å². The molecular weight excluding hydrogens is 257 g/mol. The Morgan fingerprint density at radius 3 is 2.70 bits per heavy atom. The number of nitrogens with zero attached hydrogens (tertiary/aromatic N) is 3. The first-order chi connectivity index (χ1) is 9.65. The number of benzene rings is 1. The fraction of sp³-hybridized carbons (Fsp3) is 0.133. The van der Waals surface area contributed by atoms with Crippen molar-refractivity contribution in [3.8, 4) is 0 Å². The first-order valence-electron chi connectivity index (χ1n) is 6.22. The molecule has 0 radical (unpaired) electrons. The smallest absolute Gasteiger partial charge is 0.263 e. The molecule has 4 nitrogen and oxygen atoms in total. The highest BCUT2D eigenvalue weighted by Crippen LogP contribution is 2.08. The number of fused-ring (bicyclic) bond motifs is 1. The van der Waals surface area contributed by atoms with Crippen LogP contribution in [0.5, 0.6) is 0 Å². The quantitative estimate of drug-likeness (QED) is 0.717. The van der Waals surface area contributed by atoms with E-state index in [4.69, 9.17) is 0 Å². The summed E-state index contributed by atoms with van der Waals surface area (Å²) in [7, 11) is 0. The Labute approximate surface area is 114 Å². The fourth-order valence-corrected chi connectivity index (χ4v) is 2.12. The van der Waals surface area contributed by atoms with Gasteiger partial charge in [-0.1, -0.05) is 12.1 Å². The molecule has 2 aromatic heterocycles. The molecule has 0 saturated heterocycles. The van der Waals surface area contributed by atoms with Gasteiger partial charge in [0.2, 0.25) is 0 Å². The summed E-state index contributed by atoms with van der Waals surface area (Å²) in [5.41, 5.74) is 1.16. The zero-order chi connectivity index (χ0) is 14.1. The number of rotatable bonds is 2. The van der Waals surface area contributed by atoms with Crippen molar-refractivity contribution in [2.45, 2.75) is 13.5 Å². The number of pyridine rings is 1. The molecular formula is C15H12FN3O. The molecule has 3 rings (SSSR count). The van der Waals surface area contributed by atoms with Crippen LogP contribution in [0.2, 0.25) is 0 Å². The molecule has 100 valence electrons. The lowest BCUT2D eigenvalue weighted by molar-refractivity contribution is 0.625. The lowest BCUT2D eigenvalue weighted by atomic mass is 10.2. The molecule has 1 aromatic carbocycles. The van der Waals surface area contributed by atoms with Gasteiger partial charge in [-0.05, 0) is 36.8 Å². The summed E-state index contributed by atoms with van der Waals surface area (Å²) in [6.07, 6.45) is 1.61. The molecule has 0 aliphatic carbocycles. The van der Waals surface area contributed by atoms with Crippen molar-refractivity contribution in [3.63, 3.8) is 0 Å². The number of aromatic nitrogens is 3. The van der Waals surface area contributed by atoms with E-state index in [1.54, 1.807) is 42.0 Å². The summed E-state index contributed by atoms with van der Waals surface area (Å²) in [6.45, 7) is 2.13. The van der Waals surface area contributed by atoms with E-state index in [9.17, 15) is 9.18 Å². The Morgan fingerprint density at radius 2 is 1.95 bits per heavy atom. The van der Waals surface area contributed by atoms with Gasteiger partial charge in [-0.2, -0.15) is 0 Å². The van der Waals surface area contributed by atoms with Gasteiger partial charge in [0.1, 0.15) is 11.6 Å². The topological polar surface area (TPSA) is 47.8 Å². The summed E-state index contributed by atoms with van der Waals surface area (Å²) < 4.78 is 14.5. The van der Waals surface area contributed by atoms with Crippen LogP contribution in [0.1, 0.15) is 11.4 Å². The molecule has 0 spiro atoms. The minimum atomic E-state index is -0.293. The van der Waals surface area contributed by atoms with Gasteiger partial charge in [0.25, 0.3) is 5.56 Å². The maximum atomic E-state index is 12.9. The van der Waals surface area contributed by atoms with Gasteiger partial charge < -0.3 is 0 Å². The Morgan fingerprint density at radius 1 is 1.20 bits per heavy atom. The Balaban J connectivity index is 2.11. The van der Waals surface area contributed by atoms with Crippen LogP contribution in [-0.4, -0.2) is 14.5 Å². The zero-order valence-electron chi connectivity index (χ0n) is 10.9. The fourth-order valence-electron chi connectivity index (χ4n) is 2.12. The lowest BCUT2D eigenvalue weighted by Crippen LogP contribution is -2.24. The first kappa shape index (κ1) is 12.5. The van der Waals surface area contributed by atoms with Gasteiger partial charge in [0.05, 0.1) is 11.9 Å². The molecule has 3 aromatic rings. The lowest BCUT2D eigenvalue weighted by Gasteiger charge is -2.10. The van der Waals surface area contributed by atoms with E-state index in [1.165, 1.54) is 12.1 Å². The van der Waals surface area contributed by atoms with Crippen LogP contribution in [0.3, 0.4) is 0 Å². The van der Waals surface area contributed by atoms with E-state index in [-0.39, 0.29) is 11.4 Å². The summed E-state index contributed by atoms with van der Waals surface area (Å²) in [6, 6.07) is 9.50. The molecule has 2 heterocycles. The van der Waals surface area contributed by atoms with Crippen LogP contribution in [0, 0.1) is 12.7 Å². The van der Waals surface area contributed by atoms with Gasteiger partial charge in [-0.15, -0.1) is 0 Å². The largest absolute Gasteiger partial charge is 0.292 e. The van der Waals surface area contributed by atoms with E-state index in [1.807, 2.05) is 0 Å². The predicted molar refractivity (Wildman–Crippen MR) is 74.0 cm³/mol. The standard InChI is InChI=1S/C15H12FN3O/c1-10-18-14-13(3-2-8-17-14)15(20)19(10)9-11-4-6-12(16)7-5-11/h2-8H,9H2,1H3. The Hall–Kier alpha value is -2.56. The Bertz CT molecular complexity index is 825. The number of aryl methyl sites for hydroxylation is 1. The molecule has 0 amide bonds. The first-order valence-corrected chi connectivity index (χ1v) is 6.22. The molecule has 0 N–H and O–H groups in total. The molecule has 0 unspecified atom stereocenters. The van der Waals surface area contributed by atoms with E-state index < -0.39 is 0 Å². The maximum absolute atomic E-state index is 12.9. The second-order valence-corrected chi connectivity index (χ2v) is 4.55. The number of hydrogen-bond donors (Lipinski definition) is 0. The van der Waals surface area contributed by atoms with Crippen molar-refractivity contribution in [3.05, 3.63) is 70.2 Å². The van der Waals surface area contributed by atoms with Crippen molar-refractivity contribution in [1.29, 1.82) is 0 Å². The van der Waals surface area contributed by atoms with E-state index in [0.717, 1.165) is 5.56 Å². The van der Waals surface area contributed by atoms with Gasteiger partial charge in [0.15, 0.2) is 5.65 Å². The second-order valence-electron chi connectivity index (χ2n) is 4.55. The molecule has 0 saturated carbocycles. The summed E-state index contributed by atoms with van der Waals surface area (Å²) in [4.78, 5) is 20.8. The normalized spacial score (nSPS) is 10.9. The molecule has 5 heteroatoms. The van der Waals surface area contributed by atoms with Crippen LogP contribution >= 0.6 is 0 Å². The average molecular weight is 269 g/mol. The van der Waals surface area contributed by atoms with E-state index >= 15 is 0 Å². The maximum Gasteiger partial charge on any atom is 0.263 e. The third-order valence-corrected chi connectivity index (χ3v) is 3.17. The molecule has 0 aliphatic rings. The van der Waals surface area contributed by atoms with Crippen LogP contribution < -0.4 is 5.56 Å². The van der Waals surface area contributed by atoms with Gasteiger partial charge in [0, 0.05) is 6.20 Å². The summed E-state index contributed by atoms with van der Waals surface area (Å²) >= 11 is 0. The van der Waals surface area contributed by atoms with E-state index in [2.05, 4.69) is 9.97 Å². The van der Waals surface area contributed by atoms with Gasteiger partial charge in [-0.25, -0.2) is 14.4 Å². The Kier molecular flexibility index (Phi) is 3.02. The van der Waals surface area contributed by atoms with Crippen molar-refractivity contribution in [2.24, 2.45) is 0 Å². The number of hydrogen-bond acceptors (Lipinski definition) is 3. The highest BCUT2D eigenvalue weighted by Gasteiger charge is 2.08. The average Bonchev–Trinajstić information content (AvgIpc) is 2.45. The van der Waals surface area contributed by atoms with Crippen molar-refractivity contribution < 1.29 is 4.39 Å². The second kappa shape index (κ2) is 4.85. The van der Waals surface area contributed by atoms with Crippen molar-refractivity contribution in [2.75, 3.05) is 0 Å². The van der Waals surface area contributed by atoms with Crippen LogP contribution in [-0.2, 0) is 6.54 Å². The highest BCUT2D eigenvalue weighted by atomic mass is 19.1. The molecule has 0 aliphatic heterocycles. The molecule has 0 bridgehead atoms. The minimum Gasteiger partial charge on any atom is -0.292 e. The summed E-state index contributed by atoms with van der Waals surface area (Å²) in [5.74, 6) is 0.296. The molecule has 0 fully saturated rings. The predicted octanol–water partition coefficient (Wildman–Crippen LogP) is 2.29. The highest BCUT2D eigenvalue weighted by molar-refractivity contribution is 5.72. The van der Waals surface area contributed by atoms with Crippen molar-refractivity contribution >= 4 is 11.0 Å². The molecule has 20 heavy (non-hydrogen) atoms. The third kappa shape index (κ3) is 2.18. The third-order valence-electron chi connectivity index (χ3n) is 3.17. The minimum absolute atomic E-state index is 0.134. The molecule has 0 atom stereocenters. The zero-order valence-corrected chi connectivity index (χ0v) is 10.9. The van der Waals surface area contributed by atoms with Gasteiger partial charge >= 0.3 is 0 Å².